The molecule has 0 amide bonds. The summed E-state index contributed by atoms with van der Waals surface area (Å²) in [6.07, 6.45) is 8.07. The number of pyridine rings is 1. The minimum atomic E-state index is -3.70. The van der Waals surface area contributed by atoms with E-state index in [-0.39, 0.29) is 13.0 Å². The van der Waals surface area contributed by atoms with Crippen molar-refractivity contribution in [3.63, 3.8) is 0 Å². The number of carbonyl (C=O) groups is 1. The Balaban J connectivity index is 2.13. The quantitative estimate of drug-likeness (QED) is 0.757. The van der Waals surface area contributed by atoms with E-state index in [0.717, 1.165) is 54.8 Å². The lowest BCUT2D eigenvalue weighted by atomic mass is 9.80. The molecule has 0 unspecified atom stereocenters. The molecule has 8 heteroatoms. The Morgan fingerprint density at radius 3 is 2.58 bits per heavy atom. The molecule has 4 rings (SSSR count). The Bertz CT molecular complexity index is 1230. The van der Waals surface area contributed by atoms with Gasteiger partial charge in [-0.15, -0.1) is 0 Å². The van der Waals surface area contributed by atoms with Gasteiger partial charge in [-0.3, -0.25) is 14.1 Å². The van der Waals surface area contributed by atoms with Crippen LogP contribution in [0.1, 0.15) is 53.5 Å². The van der Waals surface area contributed by atoms with Gasteiger partial charge in [-0.1, -0.05) is 6.08 Å². The van der Waals surface area contributed by atoms with E-state index in [1.807, 2.05) is 6.92 Å². The van der Waals surface area contributed by atoms with E-state index in [2.05, 4.69) is 11.1 Å². The molecule has 0 bridgehead atoms. The Morgan fingerprint density at radius 1 is 1.23 bits per heavy atom. The zero-order valence-corrected chi connectivity index (χ0v) is 18.6. The van der Waals surface area contributed by atoms with E-state index < -0.39 is 21.8 Å². The molecule has 1 aromatic carbocycles. The molecule has 1 aliphatic heterocycles. The second kappa shape index (κ2) is 7.75. The van der Waals surface area contributed by atoms with Gasteiger partial charge in [0.25, 0.3) is 0 Å². The monoisotopic (exact) mass is 444 g/mol. The van der Waals surface area contributed by atoms with Crippen molar-refractivity contribution in [2.75, 3.05) is 10.6 Å². The first-order valence-corrected chi connectivity index (χ1v) is 12.1. The van der Waals surface area contributed by atoms with E-state index in [0.29, 0.717) is 33.6 Å². The van der Waals surface area contributed by atoms with Gasteiger partial charge in [0.05, 0.1) is 36.8 Å². The summed E-state index contributed by atoms with van der Waals surface area (Å²) in [5.41, 5.74) is 6.13. The van der Waals surface area contributed by atoms with Gasteiger partial charge in [-0.25, -0.2) is 12.8 Å². The van der Waals surface area contributed by atoms with Crippen LogP contribution in [0, 0.1) is 19.7 Å². The standard InChI is InChI=1S/C23H25FN2O4S/c1-13-18(10-19(27)28)20(15-7-5-4-6-8-15)14(2)21-22-16(9-17(24)11-25-22)12-26(23(13)21)31(3,29)30/h7,9,11H,4-6,8,10,12H2,1-3H3,(H,27,28). The number of sulfonamides is 1. The van der Waals surface area contributed by atoms with Gasteiger partial charge in [-0.2, -0.15) is 0 Å². The fourth-order valence-electron chi connectivity index (χ4n) is 4.86. The maximum atomic E-state index is 13.9. The normalized spacial score (nSPS) is 15.9. The number of fused-ring (bicyclic) bond motifs is 3. The SMILES string of the molecule is Cc1c(C2=CCCCC2)c(CC(=O)O)c(C)c2c1-c1ncc(F)cc1CN2S(C)(=O)=O. The van der Waals surface area contributed by atoms with Gasteiger partial charge in [0.2, 0.25) is 10.0 Å². The van der Waals surface area contributed by atoms with Gasteiger partial charge >= 0.3 is 5.97 Å². The molecular weight excluding hydrogens is 419 g/mol. The fraction of sp³-hybridized carbons (Fsp3) is 0.391. The summed E-state index contributed by atoms with van der Waals surface area (Å²) in [5, 5.41) is 9.62. The van der Waals surface area contributed by atoms with Crippen molar-refractivity contribution in [1.82, 2.24) is 4.98 Å². The minimum absolute atomic E-state index is 0.0409. The van der Waals surface area contributed by atoms with Crippen LogP contribution in [0.2, 0.25) is 0 Å². The second-order valence-electron chi connectivity index (χ2n) is 8.30. The number of hydrogen-bond acceptors (Lipinski definition) is 4. The molecule has 1 N–H and O–H groups in total. The molecule has 1 aromatic heterocycles. The van der Waals surface area contributed by atoms with Crippen molar-refractivity contribution in [3.05, 3.63) is 52.0 Å². The van der Waals surface area contributed by atoms with E-state index in [1.54, 1.807) is 6.92 Å². The van der Waals surface area contributed by atoms with Crippen LogP contribution in [0.25, 0.3) is 16.8 Å². The molecule has 0 saturated heterocycles. The lowest BCUT2D eigenvalue weighted by Crippen LogP contribution is -2.34. The third kappa shape index (κ3) is 3.73. The highest BCUT2D eigenvalue weighted by Crippen LogP contribution is 2.48. The number of benzene rings is 1. The predicted octanol–water partition coefficient (Wildman–Crippen LogP) is 4.37. The first-order chi connectivity index (χ1) is 14.6. The molecule has 0 radical (unpaired) electrons. The summed E-state index contributed by atoms with van der Waals surface area (Å²) in [4.78, 5) is 16.1. The van der Waals surface area contributed by atoms with Crippen LogP contribution in [0.4, 0.5) is 10.1 Å². The van der Waals surface area contributed by atoms with E-state index >= 15 is 0 Å². The Hall–Kier alpha value is -2.74. The summed E-state index contributed by atoms with van der Waals surface area (Å²) in [6.45, 7) is 3.62. The summed E-state index contributed by atoms with van der Waals surface area (Å²) in [6, 6.07) is 1.32. The summed E-state index contributed by atoms with van der Waals surface area (Å²) in [5.74, 6) is -1.50. The van der Waals surface area contributed by atoms with Crippen LogP contribution in [0.5, 0.6) is 0 Å². The second-order valence-corrected chi connectivity index (χ2v) is 10.2. The molecule has 2 aliphatic rings. The number of rotatable bonds is 4. The minimum Gasteiger partial charge on any atom is -0.481 e. The number of nitrogens with zero attached hydrogens (tertiary/aromatic N) is 2. The molecular formula is C23H25FN2O4S. The topological polar surface area (TPSA) is 87.6 Å². The van der Waals surface area contributed by atoms with Crippen LogP contribution in [0.15, 0.2) is 18.3 Å². The van der Waals surface area contributed by atoms with E-state index in [9.17, 15) is 22.7 Å². The van der Waals surface area contributed by atoms with Crippen molar-refractivity contribution < 1.29 is 22.7 Å². The smallest absolute Gasteiger partial charge is 0.307 e. The number of carboxylic acids is 1. The summed E-state index contributed by atoms with van der Waals surface area (Å²) < 4.78 is 40.6. The number of carboxylic acid groups (broad SMARTS) is 1. The van der Waals surface area contributed by atoms with E-state index in [1.165, 1.54) is 10.4 Å². The number of hydrogen-bond donors (Lipinski definition) is 1. The van der Waals surface area contributed by atoms with Crippen molar-refractivity contribution in [3.8, 4) is 11.3 Å². The van der Waals surface area contributed by atoms with E-state index in [4.69, 9.17) is 0 Å². The Morgan fingerprint density at radius 2 is 1.97 bits per heavy atom. The third-order valence-electron chi connectivity index (χ3n) is 6.17. The first-order valence-electron chi connectivity index (χ1n) is 10.3. The molecule has 164 valence electrons. The highest BCUT2D eigenvalue weighted by molar-refractivity contribution is 7.92. The number of halogens is 1. The average Bonchev–Trinajstić information content (AvgIpc) is 2.70. The fourth-order valence-corrected chi connectivity index (χ4v) is 5.80. The molecule has 2 heterocycles. The Kier molecular flexibility index (Phi) is 5.37. The van der Waals surface area contributed by atoms with Crippen molar-refractivity contribution in [2.45, 2.75) is 52.5 Å². The number of aromatic nitrogens is 1. The zero-order chi connectivity index (χ0) is 22.5. The largest absolute Gasteiger partial charge is 0.481 e. The van der Waals surface area contributed by atoms with Crippen LogP contribution in [-0.2, 0) is 27.8 Å². The van der Waals surface area contributed by atoms with Crippen molar-refractivity contribution in [1.29, 1.82) is 0 Å². The molecule has 6 nitrogen and oxygen atoms in total. The predicted molar refractivity (Wildman–Crippen MR) is 118 cm³/mol. The third-order valence-corrected chi connectivity index (χ3v) is 7.28. The van der Waals surface area contributed by atoms with Gasteiger partial charge in [-0.05, 0) is 73.4 Å². The molecule has 31 heavy (non-hydrogen) atoms. The van der Waals surface area contributed by atoms with Gasteiger partial charge < -0.3 is 5.11 Å². The Labute approximate surface area is 181 Å². The van der Waals surface area contributed by atoms with Crippen molar-refractivity contribution in [2.24, 2.45) is 0 Å². The van der Waals surface area contributed by atoms with Gasteiger partial charge in [0.1, 0.15) is 5.82 Å². The number of aliphatic carboxylic acids is 1. The lowest BCUT2D eigenvalue weighted by Gasteiger charge is -2.35. The number of allylic oxidation sites excluding steroid dienone is 2. The molecule has 2 aromatic rings. The van der Waals surface area contributed by atoms with Crippen LogP contribution < -0.4 is 4.31 Å². The van der Waals surface area contributed by atoms with Crippen LogP contribution in [-0.4, -0.2) is 30.7 Å². The summed E-state index contributed by atoms with van der Waals surface area (Å²) >= 11 is 0. The average molecular weight is 445 g/mol. The zero-order valence-electron chi connectivity index (χ0n) is 17.8. The highest BCUT2D eigenvalue weighted by Gasteiger charge is 2.35. The molecule has 0 atom stereocenters. The highest BCUT2D eigenvalue weighted by atomic mass is 32.2. The molecule has 0 spiro atoms. The molecule has 0 saturated carbocycles. The van der Waals surface area contributed by atoms with Crippen molar-refractivity contribution >= 4 is 27.3 Å². The summed E-state index contributed by atoms with van der Waals surface area (Å²) in [7, 11) is -3.70. The number of anilines is 1. The maximum Gasteiger partial charge on any atom is 0.307 e. The van der Waals surface area contributed by atoms with Gasteiger partial charge in [0.15, 0.2) is 0 Å². The first kappa shape index (κ1) is 21.5. The molecule has 1 aliphatic carbocycles. The van der Waals surface area contributed by atoms with Crippen LogP contribution >= 0.6 is 0 Å². The molecule has 0 fully saturated rings. The lowest BCUT2D eigenvalue weighted by molar-refractivity contribution is -0.136. The van der Waals surface area contributed by atoms with Crippen LogP contribution in [0.3, 0.4) is 0 Å². The van der Waals surface area contributed by atoms with Gasteiger partial charge in [0, 0.05) is 11.1 Å². The maximum absolute atomic E-state index is 13.9.